The number of carbonyl (C=O) groups excluding carboxylic acids is 1. The molecule has 1 aromatic heterocycles. The maximum atomic E-state index is 12.7. The van der Waals surface area contributed by atoms with E-state index in [1.165, 1.54) is 0 Å². The molecule has 1 heterocycles. The van der Waals surface area contributed by atoms with Crippen LogP contribution in [0.2, 0.25) is 0 Å². The van der Waals surface area contributed by atoms with Gasteiger partial charge in [0.25, 0.3) is 5.91 Å². The fraction of sp³-hybridized carbons (Fsp3) is 0.280. The normalized spacial score (nSPS) is 12.8. The lowest BCUT2D eigenvalue weighted by Crippen LogP contribution is -2.32. The average Bonchev–Trinajstić information content (AvgIpc) is 2.80. The van der Waals surface area contributed by atoms with Crippen LogP contribution < -0.4 is 16.8 Å². The van der Waals surface area contributed by atoms with Gasteiger partial charge in [-0.3, -0.25) is 9.59 Å². The highest BCUT2D eigenvalue weighted by Crippen LogP contribution is 2.27. The van der Waals surface area contributed by atoms with E-state index in [1.54, 1.807) is 36.7 Å². The lowest BCUT2D eigenvalue weighted by Gasteiger charge is -2.22. The predicted octanol–water partition coefficient (Wildman–Crippen LogP) is 2.85. The summed E-state index contributed by atoms with van der Waals surface area (Å²) in [6.07, 6.45) is 3.60. The third-order valence-corrected chi connectivity index (χ3v) is 5.62. The molecule has 3 aromatic rings. The molecule has 3 rings (SSSR count). The molecule has 1 amide bonds. The Labute approximate surface area is 193 Å². The van der Waals surface area contributed by atoms with Gasteiger partial charge >= 0.3 is 5.97 Å². The molecule has 0 fully saturated rings. The number of nitrogens with two attached hydrogens (primary N) is 2. The molecule has 1 unspecified atom stereocenters. The fourth-order valence-corrected chi connectivity index (χ4v) is 3.59. The molecule has 6 N–H and O–H groups in total. The number of aromatic nitrogens is 2. The van der Waals surface area contributed by atoms with Crippen molar-refractivity contribution >= 4 is 17.8 Å². The molecule has 8 heteroatoms. The number of benzene rings is 2. The van der Waals surface area contributed by atoms with Crippen molar-refractivity contribution in [3.63, 3.8) is 0 Å². The Morgan fingerprint density at radius 1 is 0.970 bits per heavy atom. The number of anilines is 1. The molecule has 0 saturated heterocycles. The van der Waals surface area contributed by atoms with E-state index in [1.807, 2.05) is 12.1 Å². The van der Waals surface area contributed by atoms with Crippen molar-refractivity contribution in [1.29, 1.82) is 0 Å². The summed E-state index contributed by atoms with van der Waals surface area (Å²) >= 11 is 0. The van der Waals surface area contributed by atoms with E-state index in [2.05, 4.69) is 41.3 Å². The van der Waals surface area contributed by atoms with Crippen LogP contribution in [0.4, 0.5) is 5.95 Å². The minimum Gasteiger partial charge on any atom is -0.480 e. The van der Waals surface area contributed by atoms with Gasteiger partial charge in [0.2, 0.25) is 5.95 Å². The van der Waals surface area contributed by atoms with Gasteiger partial charge in [0, 0.05) is 36.0 Å². The summed E-state index contributed by atoms with van der Waals surface area (Å²) in [7, 11) is 0. The van der Waals surface area contributed by atoms with Gasteiger partial charge in [-0.25, -0.2) is 9.97 Å². The van der Waals surface area contributed by atoms with Gasteiger partial charge in [0.15, 0.2) is 0 Å². The molecule has 0 aliphatic rings. The fourth-order valence-electron chi connectivity index (χ4n) is 3.59. The lowest BCUT2D eigenvalue weighted by molar-refractivity contribution is -0.138. The van der Waals surface area contributed by atoms with Gasteiger partial charge in [0.1, 0.15) is 6.04 Å². The predicted molar refractivity (Wildman–Crippen MR) is 128 cm³/mol. The molecule has 0 radical (unpaired) electrons. The Morgan fingerprint density at radius 2 is 1.58 bits per heavy atom. The van der Waals surface area contributed by atoms with Crippen molar-refractivity contribution in [3.05, 3.63) is 77.6 Å². The highest BCUT2D eigenvalue weighted by molar-refractivity contribution is 5.94. The molecule has 172 valence electrons. The zero-order valence-electron chi connectivity index (χ0n) is 18.7. The molecule has 0 aliphatic carbocycles. The monoisotopic (exact) mass is 447 g/mol. The van der Waals surface area contributed by atoms with E-state index in [0.29, 0.717) is 18.0 Å². The van der Waals surface area contributed by atoms with Crippen molar-refractivity contribution in [3.8, 4) is 11.1 Å². The summed E-state index contributed by atoms with van der Waals surface area (Å²) < 4.78 is 0. The molecule has 0 saturated carbocycles. The molecule has 2 atom stereocenters. The summed E-state index contributed by atoms with van der Waals surface area (Å²) in [5.41, 5.74) is 15.4. The molecule has 0 aliphatic heterocycles. The van der Waals surface area contributed by atoms with Gasteiger partial charge < -0.3 is 21.9 Å². The zero-order chi connectivity index (χ0) is 24.0. The summed E-state index contributed by atoms with van der Waals surface area (Å²) in [5, 5.41) is 11.9. The van der Waals surface area contributed by atoms with E-state index in [9.17, 15) is 9.59 Å². The van der Waals surface area contributed by atoms with Crippen LogP contribution in [0.5, 0.6) is 0 Å². The number of amides is 1. The molecular weight excluding hydrogens is 418 g/mol. The average molecular weight is 448 g/mol. The maximum absolute atomic E-state index is 12.7. The van der Waals surface area contributed by atoms with Crippen LogP contribution in [-0.4, -0.2) is 39.5 Å². The van der Waals surface area contributed by atoms with Crippen molar-refractivity contribution in [1.82, 2.24) is 15.3 Å². The highest BCUT2D eigenvalue weighted by atomic mass is 16.4. The Morgan fingerprint density at radius 3 is 2.12 bits per heavy atom. The zero-order valence-corrected chi connectivity index (χ0v) is 18.7. The molecular formula is C25H29N5O3. The van der Waals surface area contributed by atoms with Crippen LogP contribution in [0.25, 0.3) is 11.1 Å². The first kappa shape index (κ1) is 23.9. The quantitative estimate of drug-likeness (QED) is 0.395. The second-order valence-electron chi connectivity index (χ2n) is 8.36. The first-order valence-electron chi connectivity index (χ1n) is 10.8. The third-order valence-electron chi connectivity index (χ3n) is 5.62. The summed E-state index contributed by atoms with van der Waals surface area (Å²) in [4.78, 5) is 31.6. The summed E-state index contributed by atoms with van der Waals surface area (Å²) in [6, 6.07) is 14.0. The Balaban J connectivity index is 1.63. The van der Waals surface area contributed by atoms with E-state index in [0.717, 1.165) is 22.3 Å². The smallest absolute Gasteiger partial charge is 0.320 e. The summed E-state index contributed by atoms with van der Waals surface area (Å²) in [5.74, 6) is -0.532. The molecule has 8 nitrogen and oxygen atoms in total. The number of nitrogen functional groups attached to an aromatic ring is 1. The van der Waals surface area contributed by atoms with E-state index >= 15 is 0 Å². The topological polar surface area (TPSA) is 144 Å². The molecule has 2 aromatic carbocycles. The Hall–Kier alpha value is -3.78. The number of hydrogen-bond donors (Lipinski definition) is 4. The van der Waals surface area contributed by atoms with Crippen LogP contribution in [0.3, 0.4) is 0 Å². The number of carboxylic acid groups (broad SMARTS) is 1. The second kappa shape index (κ2) is 10.7. The molecule has 0 spiro atoms. The number of nitrogens with zero attached hydrogens (tertiary/aromatic N) is 2. The van der Waals surface area contributed by atoms with E-state index < -0.39 is 12.0 Å². The Kier molecular flexibility index (Phi) is 7.74. The van der Waals surface area contributed by atoms with E-state index in [4.69, 9.17) is 16.6 Å². The van der Waals surface area contributed by atoms with Gasteiger partial charge in [0.05, 0.1) is 0 Å². The van der Waals surface area contributed by atoms with E-state index in [-0.39, 0.29) is 24.2 Å². The van der Waals surface area contributed by atoms with Crippen molar-refractivity contribution in [2.24, 2.45) is 11.7 Å². The SMILES string of the molecule is CC(C)[C@@H](CNC(=O)c1ccc(CC(N)C(=O)O)cc1)c1ccc(-c2cnc(N)nc2)cc1. The second-order valence-corrected chi connectivity index (χ2v) is 8.36. The van der Waals surface area contributed by atoms with Crippen molar-refractivity contribution in [2.45, 2.75) is 32.2 Å². The first-order valence-corrected chi connectivity index (χ1v) is 10.8. The number of nitrogens with one attached hydrogen (secondary N) is 1. The number of carboxylic acids is 1. The van der Waals surface area contributed by atoms with Crippen LogP contribution >= 0.6 is 0 Å². The van der Waals surface area contributed by atoms with Gasteiger partial charge in [-0.1, -0.05) is 50.2 Å². The Bertz CT molecular complexity index is 1080. The largest absolute Gasteiger partial charge is 0.480 e. The lowest BCUT2D eigenvalue weighted by atomic mass is 9.87. The van der Waals surface area contributed by atoms with Gasteiger partial charge in [-0.05, 0) is 41.2 Å². The number of rotatable bonds is 9. The molecule has 33 heavy (non-hydrogen) atoms. The van der Waals surface area contributed by atoms with Crippen LogP contribution in [0.15, 0.2) is 60.9 Å². The minimum atomic E-state index is -1.05. The highest BCUT2D eigenvalue weighted by Gasteiger charge is 2.18. The van der Waals surface area contributed by atoms with Gasteiger partial charge in [-0.15, -0.1) is 0 Å². The first-order chi connectivity index (χ1) is 15.7. The number of hydrogen-bond acceptors (Lipinski definition) is 6. The maximum Gasteiger partial charge on any atom is 0.320 e. The summed E-state index contributed by atoms with van der Waals surface area (Å²) in [6.45, 7) is 4.74. The van der Waals surface area contributed by atoms with Crippen LogP contribution in [0.1, 0.15) is 41.3 Å². The van der Waals surface area contributed by atoms with Crippen molar-refractivity contribution < 1.29 is 14.7 Å². The van der Waals surface area contributed by atoms with Crippen LogP contribution in [-0.2, 0) is 11.2 Å². The minimum absolute atomic E-state index is 0.138. The van der Waals surface area contributed by atoms with Crippen LogP contribution in [0, 0.1) is 5.92 Å². The number of carbonyl (C=O) groups is 2. The molecule has 0 bridgehead atoms. The van der Waals surface area contributed by atoms with Crippen molar-refractivity contribution in [2.75, 3.05) is 12.3 Å². The number of aliphatic carboxylic acids is 1. The standard InChI is InChI=1S/C25H29N5O3/c1-15(2)21(18-9-7-17(8-10-18)20-12-29-25(27)30-13-20)14-28-23(31)19-5-3-16(4-6-19)11-22(26)24(32)33/h3-10,12-13,15,21-22H,11,14,26H2,1-2H3,(H,28,31)(H,32,33)(H2,27,29,30)/t21-,22?/m1/s1. The van der Waals surface area contributed by atoms with Gasteiger partial charge in [-0.2, -0.15) is 0 Å². The third kappa shape index (κ3) is 6.36.